The standard InChI is InChI=1S/C10H20N2O/c1-4-9(3)12-10(13)6-5-8(2)7-11/h4,8-9H,1,5-7,11H2,2-3H3,(H,12,13). The quantitative estimate of drug-likeness (QED) is 0.606. The van der Waals surface area contributed by atoms with Gasteiger partial charge in [0.25, 0.3) is 0 Å². The molecule has 0 aromatic carbocycles. The second-order valence-electron chi connectivity index (χ2n) is 3.47. The van der Waals surface area contributed by atoms with Crippen LogP contribution in [-0.2, 0) is 4.79 Å². The van der Waals surface area contributed by atoms with Crippen molar-refractivity contribution in [2.45, 2.75) is 32.7 Å². The van der Waals surface area contributed by atoms with E-state index in [4.69, 9.17) is 5.73 Å². The first kappa shape index (κ1) is 12.2. The summed E-state index contributed by atoms with van der Waals surface area (Å²) >= 11 is 0. The summed E-state index contributed by atoms with van der Waals surface area (Å²) in [5.74, 6) is 0.498. The third-order valence-corrected chi connectivity index (χ3v) is 2.01. The minimum Gasteiger partial charge on any atom is -0.350 e. The largest absolute Gasteiger partial charge is 0.350 e. The molecule has 3 N–H and O–H groups in total. The molecule has 0 heterocycles. The summed E-state index contributed by atoms with van der Waals surface area (Å²) in [4.78, 5) is 11.2. The predicted molar refractivity (Wildman–Crippen MR) is 55.3 cm³/mol. The summed E-state index contributed by atoms with van der Waals surface area (Å²) in [6, 6.07) is 0.0562. The molecule has 0 saturated carbocycles. The van der Waals surface area contributed by atoms with E-state index in [1.165, 1.54) is 0 Å². The number of rotatable bonds is 6. The van der Waals surface area contributed by atoms with Gasteiger partial charge in [0, 0.05) is 12.5 Å². The number of carbonyl (C=O) groups excluding carboxylic acids is 1. The molecule has 2 atom stereocenters. The molecule has 0 spiro atoms. The monoisotopic (exact) mass is 184 g/mol. The number of nitrogens with two attached hydrogens (primary N) is 1. The van der Waals surface area contributed by atoms with Crippen molar-refractivity contribution in [3.05, 3.63) is 12.7 Å². The lowest BCUT2D eigenvalue weighted by Crippen LogP contribution is -2.31. The van der Waals surface area contributed by atoms with E-state index < -0.39 is 0 Å². The third kappa shape index (κ3) is 6.34. The first-order valence-electron chi connectivity index (χ1n) is 4.72. The summed E-state index contributed by atoms with van der Waals surface area (Å²) in [6.45, 7) is 8.18. The van der Waals surface area contributed by atoms with Gasteiger partial charge in [-0.15, -0.1) is 6.58 Å². The van der Waals surface area contributed by atoms with E-state index in [-0.39, 0.29) is 11.9 Å². The number of hydrogen-bond donors (Lipinski definition) is 2. The number of amides is 1. The SMILES string of the molecule is C=CC(C)NC(=O)CCC(C)CN. The smallest absolute Gasteiger partial charge is 0.220 e. The molecular formula is C10H20N2O. The molecule has 0 aliphatic rings. The van der Waals surface area contributed by atoms with Crippen molar-refractivity contribution in [2.24, 2.45) is 11.7 Å². The molecule has 0 saturated heterocycles. The topological polar surface area (TPSA) is 55.1 Å². The van der Waals surface area contributed by atoms with Gasteiger partial charge in [-0.2, -0.15) is 0 Å². The maximum atomic E-state index is 11.2. The molecule has 13 heavy (non-hydrogen) atoms. The molecule has 0 aliphatic heterocycles. The number of nitrogens with one attached hydrogen (secondary N) is 1. The predicted octanol–water partition coefficient (Wildman–Crippen LogP) is 1.05. The lowest BCUT2D eigenvalue weighted by molar-refractivity contribution is -0.121. The van der Waals surface area contributed by atoms with E-state index in [2.05, 4.69) is 11.9 Å². The first-order valence-corrected chi connectivity index (χ1v) is 4.72. The highest BCUT2D eigenvalue weighted by atomic mass is 16.1. The lowest BCUT2D eigenvalue weighted by atomic mass is 10.1. The van der Waals surface area contributed by atoms with E-state index in [1.807, 2.05) is 13.8 Å². The Hall–Kier alpha value is -0.830. The summed E-state index contributed by atoms with van der Waals surface area (Å²) in [6.07, 6.45) is 3.12. The van der Waals surface area contributed by atoms with E-state index in [0.717, 1.165) is 6.42 Å². The Balaban J connectivity index is 3.57. The van der Waals surface area contributed by atoms with Crippen molar-refractivity contribution >= 4 is 5.91 Å². The lowest BCUT2D eigenvalue weighted by Gasteiger charge is -2.11. The van der Waals surface area contributed by atoms with Crippen molar-refractivity contribution in [3.8, 4) is 0 Å². The van der Waals surface area contributed by atoms with Crippen LogP contribution in [0.1, 0.15) is 26.7 Å². The fourth-order valence-electron chi connectivity index (χ4n) is 0.880. The zero-order chi connectivity index (χ0) is 10.3. The van der Waals surface area contributed by atoms with Gasteiger partial charge < -0.3 is 11.1 Å². The molecule has 1 amide bonds. The van der Waals surface area contributed by atoms with Gasteiger partial charge in [-0.1, -0.05) is 13.0 Å². The number of carbonyl (C=O) groups is 1. The van der Waals surface area contributed by atoms with Gasteiger partial charge in [-0.25, -0.2) is 0 Å². The average molecular weight is 184 g/mol. The van der Waals surface area contributed by atoms with Crippen molar-refractivity contribution in [2.75, 3.05) is 6.54 Å². The van der Waals surface area contributed by atoms with Crippen LogP contribution in [-0.4, -0.2) is 18.5 Å². The van der Waals surface area contributed by atoms with Crippen LogP contribution >= 0.6 is 0 Å². The zero-order valence-corrected chi connectivity index (χ0v) is 8.55. The summed E-state index contributed by atoms with van der Waals surface area (Å²) in [5, 5.41) is 2.81. The molecule has 0 aromatic heterocycles. The van der Waals surface area contributed by atoms with Gasteiger partial charge in [0.2, 0.25) is 5.91 Å². The van der Waals surface area contributed by atoms with Crippen molar-refractivity contribution in [1.29, 1.82) is 0 Å². The normalized spacial score (nSPS) is 14.7. The van der Waals surface area contributed by atoms with Gasteiger partial charge in [-0.05, 0) is 25.8 Å². The van der Waals surface area contributed by atoms with Gasteiger partial charge in [0.15, 0.2) is 0 Å². The van der Waals surface area contributed by atoms with Crippen LogP contribution in [0.5, 0.6) is 0 Å². The minimum atomic E-state index is 0.0562. The maximum absolute atomic E-state index is 11.2. The van der Waals surface area contributed by atoms with E-state index in [0.29, 0.717) is 18.9 Å². The summed E-state index contributed by atoms with van der Waals surface area (Å²) < 4.78 is 0. The van der Waals surface area contributed by atoms with Gasteiger partial charge >= 0.3 is 0 Å². The highest BCUT2D eigenvalue weighted by Crippen LogP contribution is 2.02. The zero-order valence-electron chi connectivity index (χ0n) is 8.55. The molecule has 0 rings (SSSR count). The second kappa shape index (κ2) is 6.66. The molecule has 3 nitrogen and oxygen atoms in total. The fourth-order valence-corrected chi connectivity index (χ4v) is 0.880. The van der Waals surface area contributed by atoms with Crippen LogP contribution in [0.25, 0.3) is 0 Å². The highest BCUT2D eigenvalue weighted by molar-refractivity contribution is 5.76. The fraction of sp³-hybridized carbons (Fsp3) is 0.700. The molecule has 3 heteroatoms. The Morgan fingerprint density at radius 2 is 2.23 bits per heavy atom. The molecule has 0 aromatic rings. The van der Waals surface area contributed by atoms with Crippen LogP contribution in [0.15, 0.2) is 12.7 Å². The minimum absolute atomic E-state index is 0.0562. The molecule has 0 radical (unpaired) electrons. The van der Waals surface area contributed by atoms with Gasteiger partial charge in [0.1, 0.15) is 0 Å². The molecule has 76 valence electrons. The van der Waals surface area contributed by atoms with Crippen molar-refractivity contribution < 1.29 is 4.79 Å². The molecule has 0 aliphatic carbocycles. The third-order valence-electron chi connectivity index (χ3n) is 2.01. The van der Waals surface area contributed by atoms with E-state index >= 15 is 0 Å². The summed E-state index contributed by atoms with van der Waals surface area (Å²) in [5.41, 5.74) is 5.44. The molecular weight excluding hydrogens is 164 g/mol. The van der Waals surface area contributed by atoms with Gasteiger partial charge in [-0.3, -0.25) is 4.79 Å². The van der Waals surface area contributed by atoms with E-state index in [1.54, 1.807) is 6.08 Å². The Labute approximate surface area is 80.4 Å². The Bertz CT molecular complexity index is 168. The Morgan fingerprint density at radius 3 is 2.69 bits per heavy atom. The van der Waals surface area contributed by atoms with Crippen LogP contribution in [0, 0.1) is 5.92 Å². The van der Waals surface area contributed by atoms with Gasteiger partial charge in [0.05, 0.1) is 0 Å². The van der Waals surface area contributed by atoms with Crippen LogP contribution in [0.3, 0.4) is 0 Å². The van der Waals surface area contributed by atoms with Crippen LogP contribution in [0.2, 0.25) is 0 Å². The Morgan fingerprint density at radius 1 is 1.62 bits per heavy atom. The summed E-state index contributed by atoms with van der Waals surface area (Å²) in [7, 11) is 0. The molecule has 2 unspecified atom stereocenters. The molecule has 0 bridgehead atoms. The van der Waals surface area contributed by atoms with Crippen molar-refractivity contribution in [1.82, 2.24) is 5.32 Å². The average Bonchev–Trinajstić information content (AvgIpc) is 2.13. The number of hydrogen-bond acceptors (Lipinski definition) is 2. The second-order valence-corrected chi connectivity index (χ2v) is 3.47. The van der Waals surface area contributed by atoms with Crippen LogP contribution < -0.4 is 11.1 Å². The maximum Gasteiger partial charge on any atom is 0.220 e. The van der Waals surface area contributed by atoms with E-state index in [9.17, 15) is 4.79 Å². The van der Waals surface area contributed by atoms with Crippen LogP contribution in [0.4, 0.5) is 0 Å². The van der Waals surface area contributed by atoms with Crippen molar-refractivity contribution in [3.63, 3.8) is 0 Å². The Kier molecular flexibility index (Phi) is 6.24. The first-order chi connectivity index (χ1) is 6.10. The highest BCUT2D eigenvalue weighted by Gasteiger charge is 2.06. The molecule has 0 fully saturated rings.